The van der Waals surface area contributed by atoms with Crippen LogP contribution in [0.4, 0.5) is 0 Å². The summed E-state index contributed by atoms with van der Waals surface area (Å²) in [6.45, 7) is 4.34. The van der Waals surface area contributed by atoms with Crippen molar-refractivity contribution in [3.63, 3.8) is 0 Å². The molecular weight excluding hydrogens is 384 g/mol. The zero-order valence-corrected chi connectivity index (χ0v) is 17.8. The fraction of sp³-hybridized carbons (Fsp3) is 0.435. The van der Waals surface area contributed by atoms with Gasteiger partial charge in [0.25, 0.3) is 5.91 Å². The highest BCUT2D eigenvalue weighted by molar-refractivity contribution is 7.89. The first kappa shape index (κ1) is 20.1. The quantitative estimate of drug-likeness (QED) is 0.826. The van der Waals surface area contributed by atoms with Crippen molar-refractivity contribution in [2.75, 3.05) is 6.54 Å². The van der Waals surface area contributed by atoms with Crippen molar-refractivity contribution in [3.8, 4) is 0 Å². The van der Waals surface area contributed by atoms with Gasteiger partial charge in [-0.1, -0.05) is 36.8 Å². The van der Waals surface area contributed by atoms with Crippen molar-refractivity contribution < 1.29 is 13.2 Å². The Bertz CT molecular complexity index is 1030. The summed E-state index contributed by atoms with van der Waals surface area (Å²) < 4.78 is 28.0. The number of nitrogens with one attached hydrogen (secondary N) is 1. The molecule has 6 heteroatoms. The molecule has 0 radical (unpaired) electrons. The average Bonchev–Trinajstić information content (AvgIpc) is 3.11. The minimum atomic E-state index is -3.61. The van der Waals surface area contributed by atoms with Gasteiger partial charge in [-0.2, -0.15) is 4.31 Å². The lowest BCUT2D eigenvalue weighted by Gasteiger charge is -2.32. The molecule has 1 heterocycles. The monoisotopic (exact) mass is 412 g/mol. The molecule has 154 valence electrons. The van der Waals surface area contributed by atoms with Crippen molar-refractivity contribution in [1.82, 2.24) is 9.62 Å². The first-order valence-electron chi connectivity index (χ1n) is 10.4. The number of hydrogen-bond acceptors (Lipinski definition) is 3. The fourth-order valence-corrected chi connectivity index (χ4v) is 6.24. The van der Waals surface area contributed by atoms with Crippen LogP contribution >= 0.6 is 0 Å². The number of aryl methyl sites for hydroxylation is 2. The molecule has 2 aromatic carbocycles. The van der Waals surface area contributed by atoms with Crippen LogP contribution in [0.2, 0.25) is 0 Å². The van der Waals surface area contributed by atoms with Crippen LogP contribution in [0.5, 0.6) is 0 Å². The average molecular weight is 413 g/mol. The summed E-state index contributed by atoms with van der Waals surface area (Å²) in [6, 6.07) is 13.0. The number of nitrogens with zero attached hydrogens (tertiary/aromatic N) is 1. The Labute approximate surface area is 173 Å². The molecule has 0 saturated carbocycles. The zero-order valence-electron chi connectivity index (χ0n) is 17.0. The first-order valence-corrected chi connectivity index (χ1v) is 11.8. The predicted molar refractivity (Wildman–Crippen MR) is 113 cm³/mol. The minimum Gasteiger partial charge on any atom is -0.345 e. The van der Waals surface area contributed by atoms with Crippen molar-refractivity contribution in [1.29, 1.82) is 0 Å². The number of carbonyl (C=O) groups excluding carboxylic acids is 1. The highest BCUT2D eigenvalue weighted by Crippen LogP contribution is 2.31. The Morgan fingerprint density at radius 3 is 2.69 bits per heavy atom. The molecule has 1 amide bonds. The third-order valence-corrected chi connectivity index (χ3v) is 8.25. The van der Waals surface area contributed by atoms with Gasteiger partial charge in [-0.3, -0.25) is 4.79 Å². The topological polar surface area (TPSA) is 66.5 Å². The molecule has 0 spiro atoms. The Morgan fingerprint density at radius 1 is 1.10 bits per heavy atom. The van der Waals surface area contributed by atoms with E-state index in [1.165, 1.54) is 5.56 Å². The van der Waals surface area contributed by atoms with E-state index in [0.29, 0.717) is 12.1 Å². The van der Waals surface area contributed by atoms with Crippen molar-refractivity contribution in [2.45, 2.75) is 62.9 Å². The van der Waals surface area contributed by atoms with E-state index >= 15 is 0 Å². The van der Waals surface area contributed by atoms with Gasteiger partial charge in [-0.25, -0.2) is 8.42 Å². The fourth-order valence-electron chi connectivity index (χ4n) is 4.51. The van der Waals surface area contributed by atoms with E-state index in [1.54, 1.807) is 22.5 Å². The van der Waals surface area contributed by atoms with Gasteiger partial charge in [0, 0.05) is 18.2 Å². The van der Waals surface area contributed by atoms with Gasteiger partial charge in [0.15, 0.2) is 0 Å². The molecule has 4 rings (SSSR count). The zero-order chi connectivity index (χ0) is 20.6. The number of amides is 1. The number of sulfonamides is 1. The maximum Gasteiger partial charge on any atom is 0.252 e. The van der Waals surface area contributed by atoms with Gasteiger partial charge in [-0.05, 0) is 68.4 Å². The number of rotatable bonds is 4. The van der Waals surface area contributed by atoms with Gasteiger partial charge >= 0.3 is 0 Å². The van der Waals surface area contributed by atoms with Crippen LogP contribution in [0.1, 0.15) is 65.7 Å². The molecule has 2 aromatic rings. The van der Waals surface area contributed by atoms with E-state index in [4.69, 9.17) is 0 Å². The Balaban J connectivity index is 1.59. The van der Waals surface area contributed by atoms with E-state index in [1.807, 2.05) is 26.0 Å². The van der Waals surface area contributed by atoms with Gasteiger partial charge < -0.3 is 5.32 Å². The SMILES string of the molecule is Cc1ccc(S(=O)(=O)N2CCCCC2C)cc1C(=O)NC1CCc2ccccc21. The van der Waals surface area contributed by atoms with E-state index < -0.39 is 10.0 Å². The summed E-state index contributed by atoms with van der Waals surface area (Å²) in [7, 11) is -3.61. The third-order valence-electron chi connectivity index (χ3n) is 6.24. The molecule has 1 aliphatic heterocycles. The van der Waals surface area contributed by atoms with Crippen molar-refractivity contribution in [3.05, 3.63) is 64.7 Å². The second-order valence-corrected chi connectivity index (χ2v) is 10.1. The third kappa shape index (κ3) is 3.83. The summed E-state index contributed by atoms with van der Waals surface area (Å²) in [4.78, 5) is 13.2. The van der Waals surface area contributed by atoms with Crippen LogP contribution in [0.25, 0.3) is 0 Å². The smallest absolute Gasteiger partial charge is 0.252 e. The normalized spacial score (nSPS) is 22.3. The van der Waals surface area contributed by atoms with E-state index in [9.17, 15) is 13.2 Å². The lowest BCUT2D eigenvalue weighted by atomic mass is 10.1. The predicted octanol–water partition coefficient (Wildman–Crippen LogP) is 3.98. The van der Waals surface area contributed by atoms with Crippen LogP contribution in [0, 0.1) is 6.92 Å². The van der Waals surface area contributed by atoms with Crippen LogP contribution in [-0.4, -0.2) is 31.2 Å². The summed E-state index contributed by atoms with van der Waals surface area (Å²) in [5.41, 5.74) is 3.63. The number of hydrogen-bond donors (Lipinski definition) is 1. The Hall–Kier alpha value is -2.18. The van der Waals surface area contributed by atoms with E-state index in [2.05, 4.69) is 17.4 Å². The molecule has 1 saturated heterocycles. The molecule has 2 unspecified atom stereocenters. The molecule has 1 aliphatic carbocycles. The Morgan fingerprint density at radius 2 is 1.90 bits per heavy atom. The summed E-state index contributed by atoms with van der Waals surface area (Å²) in [5, 5.41) is 3.11. The number of benzene rings is 2. The van der Waals surface area contributed by atoms with Gasteiger partial charge in [0.1, 0.15) is 0 Å². The van der Waals surface area contributed by atoms with Crippen LogP contribution in [0.15, 0.2) is 47.4 Å². The van der Waals surface area contributed by atoms with Crippen molar-refractivity contribution >= 4 is 15.9 Å². The molecule has 1 fully saturated rings. The standard InChI is InChI=1S/C23H28N2O3S/c1-16-10-12-19(29(27,28)25-14-6-5-7-17(25)2)15-21(16)23(26)24-22-13-11-18-8-3-4-9-20(18)22/h3-4,8-10,12,15,17,22H,5-7,11,13-14H2,1-2H3,(H,24,26). The lowest BCUT2D eigenvalue weighted by Crippen LogP contribution is -2.42. The summed E-state index contributed by atoms with van der Waals surface area (Å²) in [5.74, 6) is -0.215. The summed E-state index contributed by atoms with van der Waals surface area (Å²) >= 11 is 0. The van der Waals surface area contributed by atoms with E-state index in [-0.39, 0.29) is 22.9 Å². The van der Waals surface area contributed by atoms with Crippen LogP contribution in [-0.2, 0) is 16.4 Å². The molecule has 29 heavy (non-hydrogen) atoms. The highest BCUT2D eigenvalue weighted by atomic mass is 32.2. The summed E-state index contributed by atoms with van der Waals surface area (Å²) in [6.07, 6.45) is 4.62. The number of carbonyl (C=O) groups is 1. The van der Waals surface area contributed by atoms with Crippen LogP contribution in [0.3, 0.4) is 0 Å². The van der Waals surface area contributed by atoms with Crippen molar-refractivity contribution in [2.24, 2.45) is 0 Å². The molecule has 2 aliphatic rings. The molecular formula is C23H28N2O3S. The molecule has 0 bridgehead atoms. The van der Waals surface area contributed by atoms with E-state index in [0.717, 1.165) is 43.2 Å². The van der Waals surface area contributed by atoms with Gasteiger partial charge in [-0.15, -0.1) is 0 Å². The van der Waals surface area contributed by atoms with Gasteiger partial charge in [0.05, 0.1) is 10.9 Å². The largest absolute Gasteiger partial charge is 0.345 e. The second-order valence-electron chi connectivity index (χ2n) is 8.20. The number of piperidine rings is 1. The minimum absolute atomic E-state index is 0.0117. The number of fused-ring (bicyclic) bond motifs is 1. The second kappa shape index (κ2) is 7.92. The van der Waals surface area contributed by atoms with Gasteiger partial charge in [0.2, 0.25) is 10.0 Å². The lowest BCUT2D eigenvalue weighted by molar-refractivity contribution is 0.0936. The maximum atomic E-state index is 13.2. The molecule has 0 aromatic heterocycles. The molecule has 5 nitrogen and oxygen atoms in total. The highest BCUT2D eigenvalue weighted by Gasteiger charge is 2.32. The molecule has 1 N–H and O–H groups in total. The first-order chi connectivity index (χ1) is 13.9. The maximum absolute atomic E-state index is 13.2. The Kier molecular flexibility index (Phi) is 5.49. The molecule has 2 atom stereocenters. The van der Waals surface area contributed by atoms with Crippen LogP contribution < -0.4 is 5.32 Å².